The molecular formula is C24H29FN4O5S. The smallest absolute Gasteiger partial charge is 0.332 e. The van der Waals surface area contributed by atoms with Crippen LogP contribution in [0.2, 0.25) is 0 Å². The summed E-state index contributed by atoms with van der Waals surface area (Å²) in [7, 11) is -2.72. The molecule has 0 bridgehead atoms. The van der Waals surface area contributed by atoms with E-state index in [2.05, 4.69) is 10.3 Å². The zero-order valence-electron chi connectivity index (χ0n) is 20.2. The van der Waals surface area contributed by atoms with E-state index in [1.807, 2.05) is 18.6 Å². The molecule has 2 heterocycles. The number of halogens is 1. The van der Waals surface area contributed by atoms with Crippen LogP contribution >= 0.6 is 0 Å². The van der Waals surface area contributed by atoms with E-state index in [1.165, 1.54) is 42.5 Å². The summed E-state index contributed by atoms with van der Waals surface area (Å²) in [6.45, 7) is 7.13. The number of aromatic nitrogens is 1. The van der Waals surface area contributed by atoms with Crippen LogP contribution in [0, 0.1) is 5.82 Å². The van der Waals surface area contributed by atoms with Gasteiger partial charge in [0.2, 0.25) is 21.8 Å². The molecule has 0 fully saturated rings. The lowest BCUT2D eigenvalue weighted by molar-refractivity contribution is -0.128. The van der Waals surface area contributed by atoms with E-state index in [9.17, 15) is 22.4 Å². The molecule has 1 aromatic heterocycles. The van der Waals surface area contributed by atoms with Crippen LogP contribution in [0.25, 0.3) is 11.1 Å². The van der Waals surface area contributed by atoms with Crippen molar-refractivity contribution >= 4 is 27.6 Å². The lowest BCUT2D eigenvalue weighted by Crippen LogP contribution is -2.50. The Balaban J connectivity index is 1.94. The lowest BCUT2D eigenvalue weighted by atomic mass is 9.94. The van der Waals surface area contributed by atoms with Gasteiger partial charge in [0.05, 0.1) is 12.8 Å². The third kappa shape index (κ3) is 5.97. The number of ether oxygens (including phenoxy) is 1. The summed E-state index contributed by atoms with van der Waals surface area (Å²) in [6.07, 6.45) is 3.94. The molecule has 11 heteroatoms. The van der Waals surface area contributed by atoms with Crippen molar-refractivity contribution in [2.45, 2.75) is 44.9 Å². The first-order valence-corrected chi connectivity index (χ1v) is 12.6. The van der Waals surface area contributed by atoms with Gasteiger partial charge in [-0.3, -0.25) is 4.79 Å². The number of benzene rings is 1. The second kappa shape index (κ2) is 10.4. The Bertz CT molecular complexity index is 1260. The number of carbonyl (C=O) groups is 2. The highest BCUT2D eigenvalue weighted by atomic mass is 32.2. The molecule has 3 amide bonds. The Labute approximate surface area is 204 Å². The van der Waals surface area contributed by atoms with Gasteiger partial charge in [0.25, 0.3) is 0 Å². The van der Waals surface area contributed by atoms with Crippen LogP contribution < -0.4 is 14.8 Å². The molecular weight excluding hydrogens is 475 g/mol. The van der Waals surface area contributed by atoms with Gasteiger partial charge in [0, 0.05) is 36.5 Å². The average Bonchev–Trinajstić information content (AvgIpc) is 2.79. The molecule has 2 aromatic rings. The van der Waals surface area contributed by atoms with E-state index in [0.29, 0.717) is 22.6 Å². The van der Waals surface area contributed by atoms with Crippen molar-refractivity contribution in [3.63, 3.8) is 0 Å². The van der Waals surface area contributed by atoms with Gasteiger partial charge in [-0.15, -0.1) is 0 Å². The maximum Gasteiger partial charge on any atom is 0.332 e. The summed E-state index contributed by atoms with van der Waals surface area (Å²) in [5.74, 6) is -0.693. The number of rotatable bonds is 7. The van der Waals surface area contributed by atoms with Gasteiger partial charge in [0.1, 0.15) is 11.1 Å². The number of carbonyl (C=O) groups excluding carboxylic acids is 2. The molecule has 1 aliphatic rings. The van der Waals surface area contributed by atoms with Crippen LogP contribution in [-0.2, 0) is 14.8 Å². The topological polar surface area (TPSA) is 118 Å². The Kier molecular flexibility index (Phi) is 7.79. The lowest BCUT2D eigenvalue weighted by Gasteiger charge is -2.31. The van der Waals surface area contributed by atoms with Crippen molar-refractivity contribution in [2.24, 2.45) is 0 Å². The summed E-state index contributed by atoms with van der Waals surface area (Å²) in [5.41, 5.74) is 1.62. The molecule has 1 aliphatic heterocycles. The maximum atomic E-state index is 14.5. The largest absolute Gasteiger partial charge is 0.481 e. The number of methoxy groups -OCH3 is 1. The number of hydrogen-bond acceptors (Lipinski definition) is 6. The van der Waals surface area contributed by atoms with Crippen molar-refractivity contribution in [2.75, 3.05) is 19.0 Å². The van der Waals surface area contributed by atoms with Crippen LogP contribution in [-0.4, -0.2) is 55.2 Å². The highest BCUT2D eigenvalue weighted by molar-refractivity contribution is 7.90. The molecule has 3 rings (SSSR count). The second-order valence-corrected chi connectivity index (χ2v) is 10.6. The molecule has 1 atom stereocenters. The SMILES string of the molecule is COc1cc(-c2cc(F)cc(C(C)C)c2NC(=O)NS(=O)(=O)C2C=CC(=O)N(C(C)C)C2)ccn1. The Hall–Kier alpha value is -3.47. The van der Waals surface area contributed by atoms with Crippen molar-refractivity contribution in [1.29, 1.82) is 0 Å². The fourth-order valence-electron chi connectivity index (χ4n) is 3.78. The first kappa shape index (κ1) is 26.1. The zero-order valence-corrected chi connectivity index (χ0v) is 21.0. The number of nitrogens with one attached hydrogen (secondary N) is 2. The molecule has 0 aliphatic carbocycles. The highest BCUT2D eigenvalue weighted by Gasteiger charge is 2.33. The third-order valence-electron chi connectivity index (χ3n) is 5.62. The van der Waals surface area contributed by atoms with E-state index in [1.54, 1.807) is 26.0 Å². The molecule has 2 N–H and O–H groups in total. The number of hydrogen-bond donors (Lipinski definition) is 2. The van der Waals surface area contributed by atoms with Crippen LogP contribution in [0.4, 0.5) is 14.9 Å². The van der Waals surface area contributed by atoms with Crippen LogP contribution in [0.1, 0.15) is 39.2 Å². The molecule has 0 saturated heterocycles. The van der Waals surface area contributed by atoms with Crippen molar-refractivity contribution in [3.8, 4) is 17.0 Å². The van der Waals surface area contributed by atoms with Crippen molar-refractivity contribution in [1.82, 2.24) is 14.6 Å². The van der Waals surface area contributed by atoms with Gasteiger partial charge in [0.15, 0.2) is 0 Å². The van der Waals surface area contributed by atoms with Crippen LogP contribution in [0.15, 0.2) is 42.6 Å². The van der Waals surface area contributed by atoms with E-state index in [4.69, 9.17) is 4.74 Å². The minimum absolute atomic E-state index is 0.0779. The predicted molar refractivity (Wildman–Crippen MR) is 131 cm³/mol. The molecule has 0 saturated carbocycles. The Morgan fingerprint density at radius 3 is 2.57 bits per heavy atom. The Morgan fingerprint density at radius 1 is 1.23 bits per heavy atom. The first-order valence-electron chi connectivity index (χ1n) is 11.1. The number of amides is 3. The standard InChI is InChI=1S/C24H29FN4O5S/c1-14(2)19-11-17(25)12-20(16-8-9-26-21(10-16)34-5)23(19)27-24(31)28-35(32,33)18-6-7-22(30)29(13-18)15(3)4/h6-12,14-15,18H,13H2,1-5H3,(H2,27,28,31). The molecule has 0 radical (unpaired) electrons. The molecule has 188 valence electrons. The molecule has 0 spiro atoms. The summed E-state index contributed by atoms with van der Waals surface area (Å²) >= 11 is 0. The third-order valence-corrected chi connectivity index (χ3v) is 7.19. The fraction of sp³-hybridized carbons (Fsp3) is 0.375. The summed E-state index contributed by atoms with van der Waals surface area (Å²) in [4.78, 5) is 30.4. The molecule has 1 aromatic carbocycles. The number of nitrogens with zero attached hydrogens (tertiary/aromatic N) is 2. The van der Waals surface area contributed by atoms with Crippen LogP contribution in [0.3, 0.4) is 0 Å². The zero-order chi connectivity index (χ0) is 25.9. The molecule has 1 unspecified atom stereocenters. The van der Waals surface area contributed by atoms with E-state index in [-0.39, 0.29) is 30.1 Å². The van der Waals surface area contributed by atoms with Crippen molar-refractivity contribution in [3.05, 3.63) is 54.0 Å². The van der Waals surface area contributed by atoms with E-state index < -0.39 is 27.1 Å². The molecule has 35 heavy (non-hydrogen) atoms. The van der Waals surface area contributed by atoms with Gasteiger partial charge in [-0.25, -0.2) is 27.3 Å². The van der Waals surface area contributed by atoms with Crippen molar-refractivity contribution < 1.29 is 27.1 Å². The summed E-state index contributed by atoms with van der Waals surface area (Å²) < 4.78 is 47.5. The summed E-state index contributed by atoms with van der Waals surface area (Å²) in [5, 5.41) is 1.50. The number of sulfonamides is 1. The number of pyridine rings is 1. The minimum Gasteiger partial charge on any atom is -0.481 e. The quantitative estimate of drug-likeness (QED) is 0.594. The Morgan fingerprint density at radius 2 is 1.94 bits per heavy atom. The van der Waals surface area contributed by atoms with E-state index in [0.717, 1.165) is 0 Å². The maximum absolute atomic E-state index is 14.5. The van der Waals surface area contributed by atoms with E-state index >= 15 is 0 Å². The minimum atomic E-state index is -4.17. The monoisotopic (exact) mass is 504 g/mol. The first-order chi connectivity index (χ1) is 16.4. The highest BCUT2D eigenvalue weighted by Crippen LogP contribution is 2.36. The number of anilines is 1. The van der Waals surface area contributed by atoms with Gasteiger partial charge in [-0.1, -0.05) is 19.9 Å². The second-order valence-electron chi connectivity index (χ2n) is 8.74. The molecule has 9 nitrogen and oxygen atoms in total. The van der Waals surface area contributed by atoms with Crippen LogP contribution in [0.5, 0.6) is 5.88 Å². The average molecular weight is 505 g/mol. The van der Waals surface area contributed by atoms with Gasteiger partial charge >= 0.3 is 6.03 Å². The van der Waals surface area contributed by atoms with Gasteiger partial charge < -0.3 is 15.0 Å². The van der Waals surface area contributed by atoms with Gasteiger partial charge in [-0.2, -0.15) is 0 Å². The normalized spacial score (nSPS) is 16.1. The number of urea groups is 1. The fourth-order valence-corrected chi connectivity index (χ4v) is 4.88. The summed E-state index contributed by atoms with van der Waals surface area (Å²) in [6, 6.07) is 4.57. The predicted octanol–water partition coefficient (Wildman–Crippen LogP) is 3.65. The van der Waals surface area contributed by atoms with Gasteiger partial charge in [-0.05, 0) is 49.1 Å².